The summed E-state index contributed by atoms with van der Waals surface area (Å²) in [4.78, 5) is 35.4. The second kappa shape index (κ2) is 10.4. The molecule has 1 amide bonds. The third-order valence-corrected chi connectivity index (χ3v) is 3.31. The van der Waals surface area contributed by atoms with E-state index in [2.05, 4.69) is 5.32 Å². The number of nitrogens with one attached hydrogen (secondary N) is 1. The van der Waals surface area contributed by atoms with Crippen LogP contribution >= 0.6 is 0 Å². The van der Waals surface area contributed by atoms with E-state index in [0.717, 1.165) is 5.56 Å². The molecule has 1 aromatic carbocycles. The topological polar surface area (TPSA) is 81.7 Å². The lowest BCUT2D eigenvalue weighted by Gasteiger charge is -2.20. The van der Waals surface area contributed by atoms with Crippen LogP contribution in [0.2, 0.25) is 0 Å². The fraction of sp³-hybridized carbons (Fsp3) is 0.500. The first-order chi connectivity index (χ1) is 11.4. The van der Waals surface area contributed by atoms with Crippen LogP contribution in [0.15, 0.2) is 30.3 Å². The number of carbonyl (C=O) groups is 3. The molecular formula is C18H25NO5. The third-order valence-electron chi connectivity index (χ3n) is 3.31. The summed E-state index contributed by atoms with van der Waals surface area (Å²) < 4.78 is 10.1. The lowest BCUT2D eigenvalue weighted by Crippen LogP contribution is -2.45. The summed E-state index contributed by atoms with van der Waals surface area (Å²) in [5, 5.41) is 2.50. The van der Waals surface area contributed by atoms with E-state index < -0.39 is 18.1 Å². The van der Waals surface area contributed by atoms with Crippen molar-refractivity contribution in [1.82, 2.24) is 5.32 Å². The van der Waals surface area contributed by atoms with Crippen LogP contribution in [0.1, 0.15) is 39.2 Å². The smallest absolute Gasteiger partial charge is 0.408 e. The Morgan fingerprint density at radius 2 is 1.75 bits per heavy atom. The molecule has 0 fully saturated rings. The predicted octanol–water partition coefficient (Wildman–Crippen LogP) is 2.85. The molecule has 6 heteroatoms. The number of carbonyl (C=O) groups excluding carboxylic acids is 3. The summed E-state index contributed by atoms with van der Waals surface area (Å²) in [6.45, 7) is 5.27. The van der Waals surface area contributed by atoms with Gasteiger partial charge in [0.05, 0.1) is 0 Å². The minimum absolute atomic E-state index is 0.113. The van der Waals surface area contributed by atoms with E-state index in [-0.39, 0.29) is 24.9 Å². The Hall–Kier alpha value is -2.37. The average molecular weight is 335 g/mol. The van der Waals surface area contributed by atoms with Crippen molar-refractivity contribution in [2.45, 2.75) is 46.3 Å². The highest BCUT2D eigenvalue weighted by molar-refractivity contribution is 5.85. The fourth-order valence-electron chi connectivity index (χ4n) is 1.98. The number of ketones is 1. The molecule has 1 aromatic rings. The number of benzene rings is 1. The standard InChI is InChI=1S/C18H25NO5/c1-4-8-15(20)12-23-17(21)16(13(2)3)19-18(22)24-11-14-9-6-5-7-10-14/h5-7,9-10,13,16H,4,8,11-12H2,1-3H3,(H,19,22)/t16-/m0/s1. The van der Waals surface area contributed by atoms with Crippen molar-refractivity contribution in [1.29, 1.82) is 0 Å². The maximum absolute atomic E-state index is 12.1. The van der Waals surface area contributed by atoms with E-state index in [1.807, 2.05) is 37.3 Å². The van der Waals surface area contributed by atoms with Gasteiger partial charge in [-0.25, -0.2) is 9.59 Å². The molecule has 0 saturated heterocycles. The van der Waals surface area contributed by atoms with Crippen LogP contribution in [0.5, 0.6) is 0 Å². The van der Waals surface area contributed by atoms with Gasteiger partial charge in [0.15, 0.2) is 5.78 Å². The lowest BCUT2D eigenvalue weighted by molar-refractivity contribution is -0.151. The van der Waals surface area contributed by atoms with Crippen molar-refractivity contribution in [3.63, 3.8) is 0 Å². The Bertz CT molecular complexity index is 542. The van der Waals surface area contributed by atoms with Gasteiger partial charge in [-0.1, -0.05) is 51.1 Å². The van der Waals surface area contributed by atoms with Crippen LogP contribution in [-0.2, 0) is 25.7 Å². The van der Waals surface area contributed by atoms with Gasteiger partial charge >= 0.3 is 12.1 Å². The Kier molecular flexibility index (Phi) is 8.54. The van der Waals surface area contributed by atoms with Gasteiger partial charge in [0, 0.05) is 6.42 Å². The number of Topliss-reactive ketones (excluding diaryl/α,β-unsaturated/α-hetero) is 1. The summed E-state index contributed by atoms with van der Waals surface area (Å²) in [6, 6.07) is 8.37. The molecule has 24 heavy (non-hydrogen) atoms. The number of rotatable bonds is 9. The van der Waals surface area contributed by atoms with Gasteiger partial charge in [-0.05, 0) is 17.9 Å². The number of alkyl carbamates (subject to hydrolysis) is 1. The van der Waals surface area contributed by atoms with Crippen molar-refractivity contribution >= 4 is 17.8 Å². The molecule has 0 bridgehead atoms. The average Bonchev–Trinajstić information content (AvgIpc) is 2.56. The van der Waals surface area contributed by atoms with Gasteiger partial charge in [-0.15, -0.1) is 0 Å². The maximum atomic E-state index is 12.1. The molecule has 0 heterocycles. The normalized spacial score (nSPS) is 11.7. The molecule has 0 aliphatic rings. The van der Waals surface area contributed by atoms with Gasteiger partial charge in [-0.3, -0.25) is 4.79 Å². The molecule has 0 unspecified atom stereocenters. The van der Waals surface area contributed by atoms with Gasteiger partial charge in [0.2, 0.25) is 0 Å². The van der Waals surface area contributed by atoms with E-state index in [1.54, 1.807) is 13.8 Å². The highest BCUT2D eigenvalue weighted by Crippen LogP contribution is 2.06. The van der Waals surface area contributed by atoms with E-state index in [9.17, 15) is 14.4 Å². The molecule has 0 saturated carbocycles. The van der Waals surface area contributed by atoms with Crippen molar-refractivity contribution in [2.24, 2.45) is 5.92 Å². The van der Waals surface area contributed by atoms with E-state index >= 15 is 0 Å². The number of ether oxygens (including phenoxy) is 2. The van der Waals surface area contributed by atoms with Gasteiger partial charge < -0.3 is 14.8 Å². The van der Waals surface area contributed by atoms with Gasteiger partial charge in [0.1, 0.15) is 19.3 Å². The first kappa shape index (κ1) is 19.7. The van der Waals surface area contributed by atoms with Gasteiger partial charge in [-0.2, -0.15) is 0 Å². The summed E-state index contributed by atoms with van der Waals surface area (Å²) in [5.74, 6) is -0.964. The highest BCUT2D eigenvalue weighted by Gasteiger charge is 2.26. The highest BCUT2D eigenvalue weighted by atomic mass is 16.6. The quantitative estimate of drug-likeness (QED) is 0.702. The first-order valence-corrected chi connectivity index (χ1v) is 8.09. The van der Waals surface area contributed by atoms with Crippen LogP contribution in [0.4, 0.5) is 4.79 Å². The summed E-state index contributed by atoms with van der Waals surface area (Å²) >= 11 is 0. The predicted molar refractivity (Wildman–Crippen MR) is 89.3 cm³/mol. The zero-order valence-electron chi connectivity index (χ0n) is 14.4. The summed E-state index contributed by atoms with van der Waals surface area (Å²) in [7, 11) is 0. The Balaban J connectivity index is 2.47. The third kappa shape index (κ3) is 7.26. The van der Waals surface area contributed by atoms with E-state index in [1.165, 1.54) is 0 Å². The Labute approximate surface area is 142 Å². The molecule has 0 aliphatic heterocycles. The van der Waals surface area contributed by atoms with Crippen molar-refractivity contribution < 1.29 is 23.9 Å². The lowest BCUT2D eigenvalue weighted by atomic mass is 10.1. The maximum Gasteiger partial charge on any atom is 0.408 e. The van der Waals surface area contributed by atoms with Gasteiger partial charge in [0.25, 0.3) is 0 Å². The number of hydrogen-bond acceptors (Lipinski definition) is 5. The Morgan fingerprint density at radius 1 is 1.08 bits per heavy atom. The first-order valence-electron chi connectivity index (χ1n) is 8.09. The molecule has 6 nitrogen and oxygen atoms in total. The zero-order chi connectivity index (χ0) is 17.9. The second-order valence-electron chi connectivity index (χ2n) is 5.82. The SMILES string of the molecule is CCCC(=O)COC(=O)[C@@H](NC(=O)OCc1ccccc1)C(C)C. The minimum atomic E-state index is -0.859. The molecule has 0 spiro atoms. The van der Waals surface area contributed by atoms with E-state index in [0.29, 0.717) is 12.8 Å². The van der Waals surface area contributed by atoms with Crippen molar-refractivity contribution in [2.75, 3.05) is 6.61 Å². The molecule has 1 atom stereocenters. The zero-order valence-corrected chi connectivity index (χ0v) is 14.4. The van der Waals surface area contributed by atoms with Crippen LogP contribution < -0.4 is 5.32 Å². The molecule has 0 aliphatic carbocycles. The van der Waals surface area contributed by atoms with E-state index in [4.69, 9.17) is 9.47 Å². The summed E-state index contributed by atoms with van der Waals surface area (Å²) in [5.41, 5.74) is 0.849. The van der Waals surface area contributed by atoms with Crippen LogP contribution in [0, 0.1) is 5.92 Å². The molecule has 1 N–H and O–H groups in total. The van der Waals surface area contributed by atoms with Crippen molar-refractivity contribution in [3.8, 4) is 0 Å². The summed E-state index contributed by atoms with van der Waals surface area (Å²) in [6.07, 6.45) is 0.370. The second-order valence-corrected chi connectivity index (χ2v) is 5.82. The Morgan fingerprint density at radius 3 is 2.33 bits per heavy atom. The molecule has 0 radical (unpaired) electrons. The fourth-order valence-corrected chi connectivity index (χ4v) is 1.98. The van der Waals surface area contributed by atoms with Crippen LogP contribution in [0.25, 0.3) is 0 Å². The monoisotopic (exact) mass is 335 g/mol. The molecule has 1 rings (SSSR count). The molecular weight excluding hydrogens is 310 g/mol. The molecule has 0 aromatic heterocycles. The van der Waals surface area contributed by atoms with Crippen LogP contribution in [-0.4, -0.2) is 30.5 Å². The molecule has 132 valence electrons. The number of amides is 1. The van der Waals surface area contributed by atoms with Crippen molar-refractivity contribution in [3.05, 3.63) is 35.9 Å². The minimum Gasteiger partial charge on any atom is -0.456 e. The number of esters is 1. The van der Waals surface area contributed by atoms with Crippen LogP contribution in [0.3, 0.4) is 0 Å². The number of hydrogen-bond donors (Lipinski definition) is 1. The largest absolute Gasteiger partial charge is 0.456 e.